The fraction of sp³-hybridized carbons (Fsp3) is 0.320. The molecule has 0 bridgehead atoms. The first-order valence-electron chi connectivity index (χ1n) is 11.6. The molecule has 0 aliphatic rings. The molecule has 3 rings (SSSR count). The number of hydrogen-bond donors (Lipinski definition) is 2. The Morgan fingerprint density at radius 1 is 1.08 bits per heavy atom. The summed E-state index contributed by atoms with van der Waals surface area (Å²) in [6.07, 6.45) is -0.0457. The van der Waals surface area contributed by atoms with Gasteiger partial charge in [-0.15, -0.1) is 10.2 Å². The Morgan fingerprint density at radius 2 is 1.72 bits per heavy atom. The van der Waals surface area contributed by atoms with Gasteiger partial charge in [0.25, 0.3) is 0 Å². The molecule has 13 nitrogen and oxygen atoms in total. The molecule has 0 aliphatic carbocycles. The molecule has 14 heteroatoms. The second kappa shape index (κ2) is 12.5. The van der Waals surface area contributed by atoms with Gasteiger partial charge in [0.2, 0.25) is 21.9 Å². The normalized spacial score (nSPS) is 13.9. The van der Waals surface area contributed by atoms with Crippen molar-refractivity contribution < 1.29 is 27.7 Å². The lowest BCUT2D eigenvalue weighted by Crippen LogP contribution is -2.36. The van der Waals surface area contributed by atoms with Crippen LogP contribution in [0.1, 0.15) is 20.8 Å². The van der Waals surface area contributed by atoms with E-state index in [-0.39, 0.29) is 11.8 Å². The van der Waals surface area contributed by atoms with E-state index in [1.54, 1.807) is 50.2 Å². The fourth-order valence-electron chi connectivity index (χ4n) is 3.51. The molecule has 2 aromatic heterocycles. The molecule has 2 atom stereocenters. The zero-order valence-electron chi connectivity index (χ0n) is 22.5. The van der Waals surface area contributed by atoms with E-state index < -0.39 is 21.4 Å². The van der Waals surface area contributed by atoms with Gasteiger partial charge in [-0.2, -0.15) is 0 Å². The highest BCUT2D eigenvalue weighted by Gasteiger charge is 2.32. The van der Waals surface area contributed by atoms with E-state index in [9.17, 15) is 13.5 Å². The van der Waals surface area contributed by atoms with E-state index in [0.717, 1.165) is 0 Å². The maximum Gasteiger partial charge on any atom is 0.243 e. The van der Waals surface area contributed by atoms with Gasteiger partial charge in [-0.3, -0.25) is 9.29 Å². The number of benzene rings is 1. The third-order valence-corrected chi connectivity index (χ3v) is 7.47. The minimum atomic E-state index is -4.23. The number of methoxy groups -OCH3 is 3. The number of ether oxygens (including phenoxy) is 3. The van der Waals surface area contributed by atoms with Crippen LogP contribution in [0, 0.1) is 0 Å². The third kappa shape index (κ3) is 6.41. The average molecular weight is 558 g/mol. The smallest absolute Gasteiger partial charge is 0.243 e. The van der Waals surface area contributed by atoms with Crippen LogP contribution in [-0.2, 0) is 10.0 Å². The lowest BCUT2D eigenvalue weighted by atomic mass is 10.1. The van der Waals surface area contributed by atoms with E-state index in [4.69, 9.17) is 14.2 Å². The Balaban J connectivity index is 2.15. The molecule has 0 unspecified atom stereocenters. The molecule has 39 heavy (non-hydrogen) atoms. The van der Waals surface area contributed by atoms with Crippen LogP contribution in [0.25, 0.3) is 17.2 Å². The monoisotopic (exact) mass is 557 g/mol. The molecule has 1 aromatic carbocycles. The van der Waals surface area contributed by atoms with Gasteiger partial charge in [0.15, 0.2) is 5.82 Å². The molecular weight excluding hydrogens is 526 g/mol. The lowest BCUT2D eigenvalue weighted by Gasteiger charge is -2.21. The number of nitrogens with one attached hydrogen (secondary N) is 1. The Bertz CT molecular complexity index is 1480. The number of nitrogens with zero attached hydrogens (tertiary/aromatic N) is 6. The number of pyridine rings is 1. The van der Waals surface area contributed by atoms with E-state index in [2.05, 4.69) is 36.6 Å². The summed E-state index contributed by atoms with van der Waals surface area (Å²) in [4.78, 5) is 12.1. The number of aliphatic hydroxyl groups excluding tert-OH is 1. The van der Waals surface area contributed by atoms with Crippen molar-refractivity contribution in [2.75, 3.05) is 26.1 Å². The quantitative estimate of drug-likeness (QED) is 0.267. The summed E-state index contributed by atoms with van der Waals surface area (Å²) < 4.78 is 47.1. The van der Waals surface area contributed by atoms with Crippen LogP contribution in [0.4, 0.5) is 5.95 Å². The zero-order valence-corrected chi connectivity index (χ0v) is 23.3. The van der Waals surface area contributed by atoms with Gasteiger partial charge < -0.3 is 19.3 Å². The van der Waals surface area contributed by atoms with Crippen molar-refractivity contribution in [3.05, 3.63) is 48.2 Å². The largest absolute Gasteiger partial charge is 0.494 e. The first-order valence-corrected chi connectivity index (χ1v) is 13.2. The number of amidine groups is 1. The van der Waals surface area contributed by atoms with Crippen LogP contribution in [-0.4, -0.2) is 78.5 Å². The molecule has 0 spiro atoms. The van der Waals surface area contributed by atoms with E-state index >= 15 is 0 Å². The highest BCUT2D eigenvalue weighted by Crippen LogP contribution is 2.37. The summed E-state index contributed by atoms with van der Waals surface area (Å²) in [6, 6.07) is 10.1. The number of aromatic nitrogens is 4. The van der Waals surface area contributed by atoms with Crippen molar-refractivity contribution in [3.63, 3.8) is 0 Å². The van der Waals surface area contributed by atoms with Crippen molar-refractivity contribution in [2.24, 2.45) is 9.98 Å². The Labute approximate surface area is 227 Å². The summed E-state index contributed by atoms with van der Waals surface area (Å²) in [5.74, 6) is 1.40. The summed E-state index contributed by atoms with van der Waals surface area (Å²) in [5, 5.41) is 17.8. The zero-order chi connectivity index (χ0) is 28.7. The Morgan fingerprint density at radius 3 is 2.31 bits per heavy atom. The molecule has 2 heterocycles. The van der Waals surface area contributed by atoms with Gasteiger partial charge in [-0.05, 0) is 51.3 Å². The van der Waals surface area contributed by atoms with Gasteiger partial charge in [0.05, 0.1) is 27.4 Å². The number of rotatable bonds is 11. The second-order valence-electron chi connectivity index (χ2n) is 8.26. The standard InChI is InChI=1S/C25H31N7O6S/c1-15(14-27-17(3)26-4)23(33)16(2)39(34,35)31-25-30-29-24(18-10-8-13-21(28-18)38-7)32(25)22-19(36-5)11-9-12-20(22)37-6/h8-14,16,23,33H,4H2,1-3,5-7H3,(H,30,31)/b15-14+,27-17?/t16-,23-/m1/s1. The van der Waals surface area contributed by atoms with Crippen LogP contribution in [0.2, 0.25) is 0 Å². The highest BCUT2D eigenvalue weighted by atomic mass is 32.2. The maximum absolute atomic E-state index is 13.4. The minimum absolute atomic E-state index is 0.178. The number of hydrogen-bond acceptors (Lipinski definition) is 10. The molecule has 208 valence electrons. The second-order valence-corrected chi connectivity index (χ2v) is 10.3. The van der Waals surface area contributed by atoms with Gasteiger partial charge in [0, 0.05) is 12.3 Å². The van der Waals surface area contributed by atoms with Crippen molar-refractivity contribution in [1.82, 2.24) is 19.7 Å². The van der Waals surface area contributed by atoms with Gasteiger partial charge >= 0.3 is 0 Å². The molecule has 0 saturated carbocycles. The van der Waals surface area contributed by atoms with E-state index in [1.165, 1.54) is 39.0 Å². The number of aliphatic hydroxyl groups is 1. The summed E-state index contributed by atoms with van der Waals surface area (Å²) >= 11 is 0. The molecule has 2 N–H and O–H groups in total. The van der Waals surface area contributed by atoms with Crippen molar-refractivity contribution in [2.45, 2.75) is 32.1 Å². The van der Waals surface area contributed by atoms with Crippen LogP contribution in [0.3, 0.4) is 0 Å². The van der Waals surface area contributed by atoms with Gasteiger partial charge in [-0.1, -0.05) is 12.1 Å². The first kappa shape index (κ1) is 29.3. The molecular formula is C25H31N7O6S. The molecule has 0 radical (unpaired) electrons. The van der Waals surface area contributed by atoms with Crippen LogP contribution in [0.15, 0.2) is 58.2 Å². The molecule has 0 aliphatic heterocycles. The minimum Gasteiger partial charge on any atom is -0.494 e. The molecule has 0 saturated heterocycles. The van der Waals surface area contributed by atoms with E-state index in [0.29, 0.717) is 40.2 Å². The van der Waals surface area contributed by atoms with Crippen LogP contribution >= 0.6 is 0 Å². The molecule has 0 amide bonds. The number of aliphatic imine (C=N–C) groups is 2. The van der Waals surface area contributed by atoms with Gasteiger partial charge in [0.1, 0.15) is 34.0 Å². The topological polar surface area (TPSA) is 162 Å². The van der Waals surface area contributed by atoms with E-state index in [1.807, 2.05) is 0 Å². The Kier molecular flexibility index (Phi) is 9.37. The highest BCUT2D eigenvalue weighted by molar-refractivity contribution is 7.93. The Hall–Kier alpha value is -4.30. The SMILES string of the molecule is C=NC(C)=N/C=C(\C)[C@@H](O)[C@@H](C)S(=O)(=O)Nc1nnc(-c2cccc(OC)n2)n1-c1c(OC)cccc1OC. The molecule has 0 fully saturated rings. The van der Waals surface area contributed by atoms with Crippen LogP contribution in [0.5, 0.6) is 17.4 Å². The number of para-hydroxylation sites is 1. The predicted molar refractivity (Wildman–Crippen MR) is 149 cm³/mol. The summed E-state index contributed by atoms with van der Waals surface area (Å²) in [7, 11) is 0.183. The third-order valence-electron chi connectivity index (χ3n) is 5.77. The van der Waals surface area contributed by atoms with Crippen molar-refractivity contribution in [3.8, 4) is 34.6 Å². The first-order chi connectivity index (χ1) is 18.6. The van der Waals surface area contributed by atoms with Gasteiger partial charge in [-0.25, -0.2) is 23.4 Å². The van der Waals surface area contributed by atoms with Crippen molar-refractivity contribution in [1.29, 1.82) is 0 Å². The van der Waals surface area contributed by atoms with Crippen molar-refractivity contribution >= 4 is 28.5 Å². The average Bonchev–Trinajstić information content (AvgIpc) is 3.36. The number of sulfonamides is 1. The fourth-order valence-corrected chi connectivity index (χ4v) is 4.63. The summed E-state index contributed by atoms with van der Waals surface area (Å²) in [5.41, 5.74) is 0.983. The maximum atomic E-state index is 13.4. The summed E-state index contributed by atoms with van der Waals surface area (Å²) in [6.45, 7) is 7.92. The molecule has 3 aromatic rings. The van der Waals surface area contributed by atoms with Crippen LogP contribution < -0.4 is 18.9 Å². The number of anilines is 1. The lowest BCUT2D eigenvalue weighted by molar-refractivity contribution is 0.208. The predicted octanol–water partition coefficient (Wildman–Crippen LogP) is 2.87.